The molecule has 0 unspecified atom stereocenters. The number of halogens is 1. The molecule has 0 amide bonds. The van der Waals surface area contributed by atoms with Crippen LogP contribution in [0.25, 0.3) is 0 Å². The molecular formula is C36H42FNO6S. The van der Waals surface area contributed by atoms with Gasteiger partial charge in [0.25, 0.3) is 0 Å². The van der Waals surface area contributed by atoms with Gasteiger partial charge < -0.3 is 30.2 Å². The number of nitrogen functional groups attached to an aromatic ring is 1. The Labute approximate surface area is 268 Å². The average Bonchev–Trinajstić information content (AvgIpc) is 3.52. The highest BCUT2D eigenvalue weighted by molar-refractivity contribution is 7.98. The second kappa shape index (κ2) is 11.3. The summed E-state index contributed by atoms with van der Waals surface area (Å²) < 4.78 is 36.7. The highest BCUT2D eigenvalue weighted by Gasteiger charge is 2.79. The minimum atomic E-state index is -1.94. The number of fused-ring (bicyclic) bond motifs is 7. The molecule has 2 aromatic rings. The number of carbonyl (C=O) groups is 1. The van der Waals surface area contributed by atoms with Crippen LogP contribution in [-0.2, 0) is 24.8 Å². The number of aliphatic hydroxyl groups excluding tert-OH is 2. The monoisotopic (exact) mass is 635 g/mol. The molecule has 2 aliphatic heterocycles. The first-order chi connectivity index (χ1) is 21.6. The Morgan fingerprint density at radius 2 is 1.93 bits per heavy atom. The van der Waals surface area contributed by atoms with E-state index in [1.54, 1.807) is 11.8 Å². The first-order valence-electron chi connectivity index (χ1n) is 15.9. The number of aliphatic hydroxyl groups is 2. The van der Waals surface area contributed by atoms with Crippen molar-refractivity contribution in [2.75, 3.05) is 25.6 Å². The number of benzene rings is 2. The second-order valence-corrected chi connectivity index (χ2v) is 14.8. The SMILES string of the molecule is C[C@]12/C=C\COCC=C1CC[C@H]1[C@@H]3C[C@H]4O[C@@H](c5cccc(CSc6ccc(N)cc6)c5)O[C@@]4(C(=O)CO)[C@@]3(C)C[C@H](O)[C@@]12F. The average molecular weight is 636 g/mol. The molecular weight excluding hydrogens is 593 g/mol. The fourth-order valence-electron chi connectivity index (χ4n) is 9.48. The fourth-order valence-corrected chi connectivity index (χ4v) is 10.3. The summed E-state index contributed by atoms with van der Waals surface area (Å²) in [7, 11) is 0. The summed E-state index contributed by atoms with van der Waals surface area (Å²) in [5.74, 6) is -0.564. The van der Waals surface area contributed by atoms with Gasteiger partial charge in [0.2, 0.25) is 0 Å². The summed E-state index contributed by atoms with van der Waals surface area (Å²) in [6.07, 6.45) is 4.51. The predicted molar refractivity (Wildman–Crippen MR) is 170 cm³/mol. The smallest absolute Gasteiger partial charge is 0.193 e. The van der Waals surface area contributed by atoms with Gasteiger partial charge in [-0.15, -0.1) is 11.8 Å². The van der Waals surface area contributed by atoms with Crippen molar-refractivity contribution in [3.8, 4) is 0 Å². The zero-order chi connectivity index (χ0) is 31.6. The summed E-state index contributed by atoms with van der Waals surface area (Å²) in [6.45, 7) is 3.91. The number of hydrogen-bond acceptors (Lipinski definition) is 8. The zero-order valence-electron chi connectivity index (χ0n) is 25.8. The minimum absolute atomic E-state index is 0.0223. The number of hydrogen-bond donors (Lipinski definition) is 3. The molecule has 3 aliphatic carbocycles. The zero-order valence-corrected chi connectivity index (χ0v) is 26.6. The summed E-state index contributed by atoms with van der Waals surface area (Å²) in [5.41, 5.74) is 3.96. The van der Waals surface area contributed by atoms with Gasteiger partial charge in [0.1, 0.15) is 6.61 Å². The van der Waals surface area contributed by atoms with Crippen molar-refractivity contribution in [3.63, 3.8) is 0 Å². The van der Waals surface area contributed by atoms with Crippen molar-refractivity contribution in [1.82, 2.24) is 0 Å². The van der Waals surface area contributed by atoms with Crippen LogP contribution in [0.5, 0.6) is 0 Å². The lowest BCUT2D eigenvalue weighted by atomic mass is 9.45. The molecule has 1 saturated heterocycles. The molecule has 2 heterocycles. The van der Waals surface area contributed by atoms with Gasteiger partial charge in [0.15, 0.2) is 23.3 Å². The van der Waals surface area contributed by atoms with E-state index in [0.717, 1.165) is 33.0 Å². The summed E-state index contributed by atoms with van der Waals surface area (Å²) in [4.78, 5) is 15.0. The van der Waals surface area contributed by atoms with Gasteiger partial charge >= 0.3 is 0 Å². The molecule has 4 N–H and O–H groups in total. The molecule has 7 rings (SSSR count). The third-order valence-electron chi connectivity index (χ3n) is 11.7. The van der Waals surface area contributed by atoms with Gasteiger partial charge in [-0.1, -0.05) is 48.9 Å². The lowest BCUT2D eigenvalue weighted by Crippen LogP contribution is -2.69. The molecule has 0 bridgehead atoms. The normalized spacial score (nSPS) is 41.1. The van der Waals surface area contributed by atoms with Crippen LogP contribution in [0.1, 0.15) is 56.9 Å². The quantitative estimate of drug-likeness (QED) is 0.211. The molecule has 240 valence electrons. The standard InChI is InChI=1S/C36H42FNO6S/c1-33-14-4-15-42-16-13-24(33)7-12-27-28-18-31-36(30(41)20-39,34(28,2)19-29(40)35(27,33)37)44-32(43-31)23-6-3-5-22(17-23)21-45-26-10-8-25(38)9-11-26/h3-6,8-11,13-14,17,27-29,31-32,39-40H,7,12,15-16,18-21,38H2,1-2H3/b14-4-,24-13?/t27-,28-,29-,31+,32+,33-,34-,35-,36+/m0/s1. The maximum Gasteiger partial charge on any atom is 0.193 e. The number of anilines is 1. The van der Waals surface area contributed by atoms with E-state index in [9.17, 15) is 15.0 Å². The van der Waals surface area contributed by atoms with Crippen LogP contribution in [-0.4, -0.2) is 59.3 Å². The van der Waals surface area contributed by atoms with E-state index in [1.807, 2.05) is 80.6 Å². The summed E-state index contributed by atoms with van der Waals surface area (Å²) in [5, 5.41) is 22.2. The van der Waals surface area contributed by atoms with Crippen LogP contribution in [0.15, 0.2) is 77.2 Å². The van der Waals surface area contributed by atoms with E-state index in [1.165, 1.54) is 0 Å². The van der Waals surface area contributed by atoms with Crippen molar-refractivity contribution in [1.29, 1.82) is 0 Å². The number of ketones is 1. The third-order valence-corrected chi connectivity index (χ3v) is 12.7. The lowest BCUT2D eigenvalue weighted by Gasteiger charge is -2.62. The third kappa shape index (κ3) is 4.53. The Balaban J connectivity index is 1.19. The molecule has 0 spiro atoms. The molecule has 2 aromatic carbocycles. The van der Waals surface area contributed by atoms with Gasteiger partial charge in [-0.05, 0) is 74.4 Å². The number of Topliss-reactive ketones (excluding diaryl/α,β-unsaturated/α-hetero) is 1. The Hall–Kier alpha value is -2.53. The fraction of sp³-hybridized carbons (Fsp3) is 0.528. The first kappa shape index (κ1) is 31.1. The number of carbonyl (C=O) groups excluding carboxylic acids is 1. The number of nitrogens with two attached hydrogens (primary N) is 1. The molecule has 3 saturated carbocycles. The van der Waals surface area contributed by atoms with E-state index in [4.69, 9.17) is 19.9 Å². The van der Waals surface area contributed by atoms with Crippen LogP contribution in [0.4, 0.5) is 10.1 Å². The Morgan fingerprint density at radius 1 is 1.13 bits per heavy atom. The predicted octanol–water partition coefficient (Wildman–Crippen LogP) is 5.70. The number of thioether (sulfide) groups is 1. The van der Waals surface area contributed by atoms with Gasteiger partial charge in [0.05, 0.1) is 25.4 Å². The van der Waals surface area contributed by atoms with Crippen LogP contribution in [0.3, 0.4) is 0 Å². The summed E-state index contributed by atoms with van der Waals surface area (Å²) >= 11 is 1.69. The highest BCUT2D eigenvalue weighted by Crippen LogP contribution is 2.72. The Kier molecular flexibility index (Phi) is 7.82. The van der Waals surface area contributed by atoms with Gasteiger partial charge in [-0.3, -0.25) is 4.79 Å². The maximum atomic E-state index is 17.8. The van der Waals surface area contributed by atoms with Crippen molar-refractivity contribution in [2.45, 2.75) is 79.9 Å². The van der Waals surface area contributed by atoms with Gasteiger partial charge in [-0.25, -0.2) is 4.39 Å². The van der Waals surface area contributed by atoms with Crippen LogP contribution >= 0.6 is 11.8 Å². The summed E-state index contributed by atoms with van der Waals surface area (Å²) in [6, 6.07) is 15.7. The van der Waals surface area contributed by atoms with E-state index >= 15 is 4.39 Å². The van der Waals surface area contributed by atoms with Crippen LogP contribution < -0.4 is 5.73 Å². The largest absolute Gasteiger partial charge is 0.399 e. The highest BCUT2D eigenvalue weighted by atomic mass is 32.2. The molecule has 4 fully saturated rings. The van der Waals surface area contributed by atoms with Crippen molar-refractivity contribution >= 4 is 23.2 Å². The molecule has 45 heavy (non-hydrogen) atoms. The van der Waals surface area contributed by atoms with Crippen LogP contribution in [0, 0.1) is 22.7 Å². The van der Waals surface area contributed by atoms with E-state index < -0.39 is 58.9 Å². The van der Waals surface area contributed by atoms with E-state index in [2.05, 4.69) is 0 Å². The molecule has 0 aromatic heterocycles. The molecule has 9 atom stereocenters. The molecule has 5 aliphatic rings. The van der Waals surface area contributed by atoms with Crippen molar-refractivity contribution < 1.29 is 33.6 Å². The first-order valence-corrected chi connectivity index (χ1v) is 16.9. The number of ether oxygens (including phenoxy) is 3. The number of rotatable bonds is 6. The maximum absolute atomic E-state index is 17.8. The lowest BCUT2D eigenvalue weighted by molar-refractivity contribution is -0.231. The molecule has 0 radical (unpaired) electrons. The molecule has 7 nitrogen and oxygen atoms in total. The number of allylic oxidation sites excluding steroid dienone is 2. The Bertz CT molecular complexity index is 1530. The molecule has 9 heteroatoms. The van der Waals surface area contributed by atoms with Gasteiger partial charge in [0, 0.05) is 38.6 Å². The minimum Gasteiger partial charge on any atom is -0.399 e. The van der Waals surface area contributed by atoms with Crippen molar-refractivity contribution in [3.05, 3.63) is 83.5 Å². The van der Waals surface area contributed by atoms with E-state index in [-0.39, 0.29) is 12.3 Å². The van der Waals surface area contributed by atoms with Crippen LogP contribution in [0.2, 0.25) is 0 Å². The second-order valence-electron chi connectivity index (χ2n) is 13.8. The van der Waals surface area contributed by atoms with Gasteiger partial charge in [-0.2, -0.15) is 0 Å². The Morgan fingerprint density at radius 3 is 2.71 bits per heavy atom. The van der Waals surface area contributed by atoms with E-state index in [0.29, 0.717) is 32.5 Å². The number of alkyl halides is 1. The topological polar surface area (TPSA) is 111 Å². The van der Waals surface area contributed by atoms with Crippen molar-refractivity contribution in [2.24, 2.45) is 22.7 Å².